The van der Waals surface area contributed by atoms with Gasteiger partial charge in [-0.1, -0.05) is 0 Å². The number of alkyl halides is 1. The van der Waals surface area contributed by atoms with E-state index in [0.717, 1.165) is 10.7 Å². The maximum absolute atomic E-state index is 11.7. The number of ether oxygens (including phenoxy) is 1. The second-order valence-electron chi connectivity index (χ2n) is 4.04. The third-order valence-electron chi connectivity index (χ3n) is 2.55. The van der Waals surface area contributed by atoms with Crippen molar-refractivity contribution in [1.82, 2.24) is 15.0 Å². The fourth-order valence-electron chi connectivity index (χ4n) is 1.68. The van der Waals surface area contributed by atoms with Crippen LogP contribution in [0.5, 0.6) is 0 Å². The van der Waals surface area contributed by atoms with E-state index < -0.39 is 5.97 Å². The number of hydrogen-bond donors (Lipinski definition) is 0. The lowest BCUT2D eigenvalue weighted by Crippen LogP contribution is -2.12. The lowest BCUT2D eigenvalue weighted by atomic mass is 10.2. The number of aromatic nitrogens is 3. The quantitative estimate of drug-likeness (QED) is 0.627. The van der Waals surface area contributed by atoms with Crippen molar-refractivity contribution in [3.63, 3.8) is 0 Å². The number of rotatable bonds is 5. The van der Waals surface area contributed by atoms with E-state index >= 15 is 0 Å². The molecule has 2 aromatic heterocycles. The van der Waals surface area contributed by atoms with Crippen LogP contribution in [0.1, 0.15) is 39.5 Å². The Kier molecular flexibility index (Phi) is 5.03. The summed E-state index contributed by atoms with van der Waals surface area (Å²) < 4.78 is 4.94. The Balaban J connectivity index is 2.22. The molecule has 0 unspecified atom stereocenters. The van der Waals surface area contributed by atoms with E-state index in [2.05, 4.69) is 15.0 Å². The van der Waals surface area contributed by atoms with E-state index in [0.29, 0.717) is 30.1 Å². The molecular formula is C13H14ClN3O2S. The highest BCUT2D eigenvalue weighted by Gasteiger charge is 2.15. The van der Waals surface area contributed by atoms with Crippen LogP contribution in [0.4, 0.5) is 0 Å². The Morgan fingerprint density at radius 1 is 1.45 bits per heavy atom. The van der Waals surface area contributed by atoms with Crippen molar-refractivity contribution in [2.75, 3.05) is 6.61 Å². The molecule has 0 radical (unpaired) electrons. The third kappa shape index (κ3) is 3.52. The predicted molar refractivity (Wildman–Crippen MR) is 77.2 cm³/mol. The number of halogens is 1. The van der Waals surface area contributed by atoms with E-state index in [4.69, 9.17) is 16.3 Å². The van der Waals surface area contributed by atoms with Gasteiger partial charge < -0.3 is 4.74 Å². The highest BCUT2D eigenvalue weighted by Crippen LogP contribution is 2.14. The second kappa shape index (κ2) is 6.76. The van der Waals surface area contributed by atoms with Gasteiger partial charge in [-0.3, -0.25) is 0 Å². The van der Waals surface area contributed by atoms with E-state index in [1.54, 1.807) is 18.3 Å². The largest absolute Gasteiger partial charge is 0.462 e. The minimum atomic E-state index is -0.445. The van der Waals surface area contributed by atoms with E-state index in [1.165, 1.54) is 6.20 Å². The first-order chi connectivity index (χ1) is 9.63. The van der Waals surface area contributed by atoms with Gasteiger partial charge in [-0.05, 0) is 13.8 Å². The van der Waals surface area contributed by atoms with Gasteiger partial charge >= 0.3 is 5.97 Å². The first-order valence-corrected chi connectivity index (χ1v) is 7.54. The molecule has 2 heterocycles. The molecule has 0 aliphatic rings. The summed E-state index contributed by atoms with van der Waals surface area (Å²) in [6.45, 7) is 4.00. The summed E-state index contributed by atoms with van der Waals surface area (Å²) in [6.07, 6.45) is 1.99. The molecule has 0 saturated heterocycles. The van der Waals surface area contributed by atoms with Crippen molar-refractivity contribution in [3.05, 3.63) is 39.4 Å². The number of thiazole rings is 1. The molecule has 2 aromatic rings. The van der Waals surface area contributed by atoms with Crippen LogP contribution in [0.2, 0.25) is 0 Å². The summed E-state index contributed by atoms with van der Waals surface area (Å²) in [5.41, 5.74) is 1.72. The fourth-order valence-corrected chi connectivity index (χ4v) is 2.49. The predicted octanol–water partition coefficient (Wildman–Crippen LogP) is 2.75. The van der Waals surface area contributed by atoms with Crippen LogP contribution in [0, 0.1) is 6.92 Å². The van der Waals surface area contributed by atoms with Crippen LogP contribution >= 0.6 is 22.9 Å². The molecule has 0 fully saturated rings. The van der Waals surface area contributed by atoms with Crippen molar-refractivity contribution in [2.45, 2.75) is 26.1 Å². The topological polar surface area (TPSA) is 65.0 Å². The van der Waals surface area contributed by atoms with Crippen LogP contribution in [-0.2, 0) is 17.0 Å². The maximum Gasteiger partial charge on any atom is 0.341 e. The molecular weight excluding hydrogens is 298 g/mol. The van der Waals surface area contributed by atoms with E-state index in [1.807, 2.05) is 12.3 Å². The highest BCUT2D eigenvalue weighted by molar-refractivity contribution is 7.09. The van der Waals surface area contributed by atoms with Gasteiger partial charge in [0.25, 0.3) is 0 Å². The normalized spacial score (nSPS) is 10.6. The molecule has 5 nitrogen and oxygen atoms in total. The lowest BCUT2D eigenvalue weighted by molar-refractivity contribution is 0.0524. The average Bonchev–Trinajstić information content (AvgIpc) is 2.84. The summed E-state index contributed by atoms with van der Waals surface area (Å²) >= 11 is 7.43. The molecule has 0 saturated carbocycles. The molecule has 0 aromatic carbocycles. The molecule has 0 aliphatic heterocycles. The van der Waals surface area contributed by atoms with E-state index in [-0.39, 0.29) is 5.88 Å². The van der Waals surface area contributed by atoms with Gasteiger partial charge in [0, 0.05) is 11.6 Å². The van der Waals surface area contributed by atoms with Gasteiger partial charge in [0.05, 0.1) is 35.3 Å². The SMILES string of the molecule is CCOC(=O)c1cnc(Cc2csc(C)n2)nc1CCl. The number of carbonyl (C=O) groups is 1. The molecule has 0 atom stereocenters. The Labute approximate surface area is 126 Å². The minimum Gasteiger partial charge on any atom is -0.462 e. The molecule has 0 amide bonds. The standard InChI is InChI=1S/C13H14ClN3O2S/c1-3-19-13(18)10-6-15-12(17-11(10)5-14)4-9-7-20-8(2)16-9/h6-7H,3-5H2,1-2H3. The number of nitrogens with zero attached hydrogens (tertiary/aromatic N) is 3. The summed E-state index contributed by atoms with van der Waals surface area (Å²) in [4.78, 5) is 24.6. The summed E-state index contributed by atoms with van der Waals surface area (Å²) in [5, 5.41) is 2.97. The molecule has 0 N–H and O–H groups in total. The molecule has 0 spiro atoms. The van der Waals surface area contributed by atoms with Gasteiger partial charge in [0.15, 0.2) is 0 Å². The van der Waals surface area contributed by atoms with Gasteiger partial charge in [-0.15, -0.1) is 22.9 Å². The summed E-state index contributed by atoms with van der Waals surface area (Å²) in [6, 6.07) is 0. The van der Waals surface area contributed by atoms with E-state index in [9.17, 15) is 4.79 Å². The van der Waals surface area contributed by atoms with Gasteiger partial charge in [0.2, 0.25) is 0 Å². The molecule has 0 aliphatic carbocycles. The number of esters is 1. The monoisotopic (exact) mass is 311 g/mol. The Hall–Kier alpha value is -1.53. The first kappa shape index (κ1) is 14.9. The zero-order valence-electron chi connectivity index (χ0n) is 11.2. The van der Waals surface area contributed by atoms with Crippen molar-refractivity contribution in [1.29, 1.82) is 0 Å². The van der Waals surface area contributed by atoms with Crippen molar-refractivity contribution in [2.24, 2.45) is 0 Å². The first-order valence-electron chi connectivity index (χ1n) is 6.13. The van der Waals surface area contributed by atoms with Crippen LogP contribution in [0.3, 0.4) is 0 Å². The van der Waals surface area contributed by atoms with Crippen LogP contribution in [0.15, 0.2) is 11.6 Å². The molecule has 0 bridgehead atoms. The van der Waals surface area contributed by atoms with Gasteiger partial charge in [0.1, 0.15) is 11.4 Å². The average molecular weight is 312 g/mol. The Morgan fingerprint density at radius 2 is 2.25 bits per heavy atom. The molecule has 2 rings (SSSR count). The number of carbonyl (C=O) groups excluding carboxylic acids is 1. The van der Waals surface area contributed by atoms with Crippen LogP contribution in [0.25, 0.3) is 0 Å². The zero-order chi connectivity index (χ0) is 14.5. The maximum atomic E-state index is 11.7. The zero-order valence-corrected chi connectivity index (χ0v) is 12.8. The third-order valence-corrected chi connectivity index (χ3v) is 3.62. The van der Waals surface area contributed by atoms with Crippen LogP contribution < -0.4 is 0 Å². The Bertz CT molecular complexity index is 615. The van der Waals surface area contributed by atoms with Crippen molar-refractivity contribution < 1.29 is 9.53 Å². The second-order valence-corrected chi connectivity index (χ2v) is 5.36. The highest BCUT2D eigenvalue weighted by atomic mass is 35.5. The summed E-state index contributed by atoms with van der Waals surface area (Å²) in [5.74, 6) is 0.290. The minimum absolute atomic E-state index is 0.139. The van der Waals surface area contributed by atoms with Crippen LogP contribution in [-0.4, -0.2) is 27.5 Å². The molecule has 7 heteroatoms. The molecule has 106 valence electrons. The van der Waals surface area contributed by atoms with Crippen molar-refractivity contribution in [3.8, 4) is 0 Å². The van der Waals surface area contributed by atoms with Gasteiger partial charge in [-0.2, -0.15) is 0 Å². The smallest absolute Gasteiger partial charge is 0.341 e. The number of aryl methyl sites for hydroxylation is 1. The summed E-state index contributed by atoms with van der Waals surface area (Å²) in [7, 11) is 0. The number of hydrogen-bond acceptors (Lipinski definition) is 6. The lowest BCUT2D eigenvalue weighted by Gasteiger charge is -2.07. The fraction of sp³-hybridized carbons (Fsp3) is 0.385. The van der Waals surface area contributed by atoms with Crippen molar-refractivity contribution >= 4 is 28.9 Å². The van der Waals surface area contributed by atoms with Gasteiger partial charge in [-0.25, -0.2) is 19.7 Å². The molecule has 20 heavy (non-hydrogen) atoms. The Morgan fingerprint density at radius 3 is 2.85 bits per heavy atom.